The summed E-state index contributed by atoms with van der Waals surface area (Å²) in [4.78, 5) is 42.5. The summed E-state index contributed by atoms with van der Waals surface area (Å²) >= 11 is 5.31. The molecule has 9 heteroatoms. The van der Waals surface area contributed by atoms with E-state index in [1.807, 2.05) is 37.3 Å². The fourth-order valence-corrected chi connectivity index (χ4v) is 9.65. The second-order valence-electron chi connectivity index (χ2n) is 9.47. The van der Waals surface area contributed by atoms with Gasteiger partial charge in [-0.05, 0) is 32.3 Å². The summed E-state index contributed by atoms with van der Waals surface area (Å²) in [6.45, 7) is 5.70. The molecule has 186 valence electrons. The number of likely N-dealkylation sites (tertiary alicyclic amines) is 1. The van der Waals surface area contributed by atoms with Gasteiger partial charge in [0.05, 0.1) is 35.8 Å². The molecule has 8 atom stereocenters. The van der Waals surface area contributed by atoms with E-state index in [4.69, 9.17) is 4.74 Å². The zero-order chi connectivity index (χ0) is 24.6. The molecule has 3 fully saturated rings. The van der Waals surface area contributed by atoms with Crippen molar-refractivity contribution < 1.29 is 24.2 Å². The molecule has 1 aromatic carbocycles. The number of ether oxygens (including phenoxy) is 1. The van der Waals surface area contributed by atoms with Crippen LogP contribution in [0.3, 0.4) is 0 Å². The first-order valence-electron chi connectivity index (χ1n) is 12.1. The Morgan fingerprint density at radius 1 is 1.32 bits per heavy atom. The number of aliphatic hydroxyl groups is 1. The Morgan fingerprint density at radius 3 is 2.65 bits per heavy atom. The van der Waals surface area contributed by atoms with Crippen molar-refractivity contribution in [2.24, 2.45) is 11.8 Å². The summed E-state index contributed by atoms with van der Waals surface area (Å²) in [5, 5.41) is 13.4. The zero-order valence-corrected chi connectivity index (χ0v) is 22.2. The molecular formula is C25H33BrN2O5S. The number of halogens is 1. The van der Waals surface area contributed by atoms with Gasteiger partial charge in [-0.3, -0.25) is 14.4 Å². The fourth-order valence-electron chi connectivity index (χ4n) is 6.07. The Hall–Kier alpha value is -1.58. The average molecular weight is 554 g/mol. The number of thioether (sulfide) groups is 1. The molecule has 0 saturated carbocycles. The number of amides is 2. The number of carbonyl (C=O) groups is 3. The van der Waals surface area contributed by atoms with Crippen molar-refractivity contribution in [3.8, 4) is 0 Å². The van der Waals surface area contributed by atoms with E-state index in [0.717, 1.165) is 18.4 Å². The van der Waals surface area contributed by atoms with E-state index in [1.54, 1.807) is 23.6 Å². The highest BCUT2D eigenvalue weighted by Gasteiger charge is 2.76. The summed E-state index contributed by atoms with van der Waals surface area (Å²) < 4.78 is 4.63. The van der Waals surface area contributed by atoms with Gasteiger partial charge >= 0.3 is 5.97 Å². The average Bonchev–Trinajstić information content (AvgIpc) is 3.39. The highest BCUT2D eigenvalue weighted by Crippen LogP contribution is 2.68. The molecule has 34 heavy (non-hydrogen) atoms. The maximum absolute atomic E-state index is 14.1. The molecular weight excluding hydrogens is 520 g/mol. The van der Waals surface area contributed by atoms with Crippen molar-refractivity contribution in [3.63, 3.8) is 0 Å². The van der Waals surface area contributed by atoms with Crippen molar-refractivity contribution in [1.29, 1.82) is 0 Å². The number of nitrogens with zero attached hydrogens (tertiary/aromatic N) is 1. The lowest BCUT2D eigenvalue weighted by molar-refractivity contribution is -0.154. The number of alkyl halides is 1. The topological polar surface area (TPSA) is 95.9 Å². The van der Waals surface area contributed by atoms with Gasteiger partial charge in [0.25, 0.3) is 0 Å². The third-order valence-corrected chi connectivity index (χ3v) is 10.6. The smallest absolute Gasteiger partial charge is 0.310 e. The van der Waals surface area contributed by atoms with Crippen molar-refractivity contribution in [1.82, 2.24) is 10.2 Å². The lowest BCUT2D eigenvalue weighted by Gasteiger charge is -2.38. The van der Waals surface area contributed by atoms with E-state index in [-0.39, 0.29) is 47.1 Å². The number of carbonyl (C=O) groups excluding carboxylic acids is 3. The standard InChI is InChI=1S/C25H33BrN2O5S/c1-4-9-14(3)27-22(30)21-25-12-16(26)20(34-25)18(24(32)33-5-2)19(25)23(31)28(21)17(13-29)15-10-7-6-8-11-15/h6-8,10-11,14,16-21,29H,4-5,9,12-13H2,1-3H3,(H,27,30)/t14?,16?,17-,18+,19+,20+,21?,25?/m1/s1. The SMILES string of the molecule is CCCC(C)NC(=O)C1N([C@H](CO)c2ccccc2)C(=O)[C@@H]2[C@H](C(=O)OCC)[C@H]3SC12CC3Br. The Kier molecular flexibility index (Phi) is 7.64. The van der Waals surface area contributed by atoms with Crippen LogP contribution in [0.1, 0.15) is 51.6 Å². The van der Waals surface area contributed by atoms with E-state index in [9.17, 15) is 19.5 Å². The molecule has 1 spiro atoms. The van der Waals surface area contributed by atoms with E-state index >= 15 is 0 Å². The largest absolute Gasteiger partial charge is 0.466 e. The van der Waals surface area contributed by atoms with Crippen LogP contribution in [0.5, 0.6) is 0 Å². The molecule has 3 aliphatic heterocycles. The highest BCUT2D eigenvalue weighted by molar-refractivity contribution is 9.09. The monoisotopic (exact) mass is 552 g/mol. The minimum atomic E-state index is -0.795. The lowest BCUT2D eigenvalue weighted by atomic mass is 9.71. The first-order valence-corrected chi connectivity index (χ1v) is 13.9. The zero-order valence-electron chi connectivity index (χ0n) is 19.8. The molecule has 2 bridgehead atoms. The minimum Gasteiger partial charge on any atom is -0.466 e. The van der Waals surface area contributed by atoms with Gasteiger partial charge in [-0.25, -0.2) is 0 Å². The number of hydrogen-bond donors (Lipinski definition) is 2. The van der Waals surface area contributed by atoms with Crippen molar-refractivity contribution in [2.75, 3.05) is 13.2 Å². The maximum atomic E-state index is 14.1. The van der Waals surface area contributed by atoms with Crippen LogP contribution in [0.25, 0.3) is 0 Å². The van der Waals surface area contributed by atoms with Crippen LogP contribution in [0.15, 0.2) is 30.3 Å². The molecule has 2 N–H and O–H groups in total. The Balaban J connectivity index is 1.80. The van der Waals surface area contributed by atoms with Crippen LogP contribution in [0.2, 0.25) is 0 Å². The van der Waals surface area contributed by atoms with Crippen LogP contribution in [0, 0.1) is 11.8 Å². The number of esters is 1. The van der Waals surface area contributed by atoms with E-state index in [1.165, 1.54) is 0 Å². The second kappa shape index (κ2) is 10.2. The Bertz CT molecular complexity index is 933. The normalized spacial score (nSPS) is 33.5. The van der Waals surface area contributed by atoms with E-state index in [0.29, 0.717) is 6.42 Å². The molecule has 0 radical (unpaired) electrons. The van der Waals surface area contributed by atoms with Crippen LogP contribution >= 0.6 is 27.7 Å². The number of nitrogens with one attached hydrogen (secondary N) is 1. The number of fused-ring (bicyclic) bond motifs is 1. The molecule has 3 aliphatic rings. The third kappa shape index (κ3) is 4.07. The molecule has 1 aromatic rings. The van der Waals surface area contributed by atoms with Gasteiger partial charge in [0, 0.05) is 16.1 Å². The molecule has 0 aromatic heterocycles. The van der Waals surface area contributed by atoms with Gasteiger partial charge in [0.15, 0.2) is 0 Å². The first-order chi connectivity index (χ1) is 16.3. The minimum absolute atomic E-state index is 0.0106. The van der Waals surface area contributed by atoms with Gasteiger partial charge < -0.3 is 20.1 Å². The molecule has 4 unspecified atom stereocenters. The predicted octanol–water partition coefficient (Wildman–Crippen LogP) is 3.05. The number of hydrogen-bond acceptors (Lipinski definition) is 6. The second-order valence-corrected chi connectivity index (χ2v) is 12.2. The highest BCUT2D eigenvalue weighted by atomic mass is 79.9. The molecule has 0 aliphatic carbocycles. The lowest BCUT2D eigenvalue weighted by Crippen LogP contribution is -2.56. The summed E-state index contributed by atoms with van der Waals surface area (Å²) in [6.07, 6.45) is 2.35. The van der Waals surface area contributed by atoms with Crippen molar-refractivity contribution in [2.45, 2.75) is 73.0 Å². The summed E-state index contributed by atoms with van der Waals surface area (Å²) in [7, 11) is 0. The fraction of sp³-hybridized carbons (Fsp3) is 0.640. The Labute approximate surface area is 213 Å². The van der Waals surface area contributed by atoms with Gasteiger partial charge in [0.2, 0.25) is 11.8 Å². The van der Waals surface area contributed by atoms with Gasteiger partial charge in [-0.2, -0.15) is 0 Å². The molecule has 2 amide bonds. The van der Waals surface area contributed by atoms with Gasteiger partial charge in [0.1, 0.15) is 6.04 Å². The van der Waals surface area contributed by atoms with Crippen LogP contribution in [-0.4, -0.2) is 67.9 Å². The first kappa shape index (κ1) is 25.5. The maximum Gasteiger partial charge on any atom is 0.310 e. The molecule has 3 saturated heterocycles. The third-order valence-electron chi connectivity index (χ3n) is 7.34. The molecule has 4 rings (SSSR count). The predicted molar refractivity (Wildman–Crippen MR) is 134 cm³/mol. The van der Waals surface area contributed by atoms with Crippen LogP contribution in [0.4, 0.5) is 0 Å². The number of rotatable bonds is 9. The van der Waals surface area contributed by atoms with E-state index in [2.05, 4.69) is 28.2 Å². The van der Waals surface area contributed by atoms with Crippen molar-refractivity contribution in [3.05, 3.63) is 35.9 Å². The Morgan fingerprint density at radius 2 is 2.03 bits per heavy atom. The summed E-state index contributed by atoms with van der Waals surface area (Å²) in [5.74, 6) is -2.14. The number of aliphatic hydroxyl groups excluding tert-OH is 1. The van der Waals surface area contributed by atoms with Gasteiger partial charge in [-0.1, -0.05) is 59.6 Å². The van der Waals surface area contributed by atoms with E-state index < -0.39 is 28.7 Å². The number of benzene rings is 1. The summed E-state index contributed by atoms with van der Waals surface area (Å²) in [5.41, 5.74) is 0.761. The molecule has 7 nitrogen and oxygen atoms in total. The quantitative estimate of drug-likeness (QED) is 0.361. The summed E-state index contributed by atoms with van der Waals surface area (Å²) in [6, 6.07) is 7.78. The van der Waals surface area contributed by atoms with Crippen molar-refractivity contribution >= 4 is 45.5 Å². The van der Waals surface area contributed by atoms with Gasteiger partial charge in [-0.15, -0.1) is 11.8 Å². The molecule has 3 heterocycles. The van der Waals surface area contributed by atoms with Crippen LogP contribution < -0.4 is 5.32 Å². The van der Waals surface area contributed by atoms with Crippen LogP contribution in [-0.2, 0) is 19.1 Å².